The highest BCUT2D eigenvalue weighted by Gasteiger charge is 2.26. The molecule has 0 bridgehead atoms. The molecule has 0 unspecified atom stereocenters. The molecule has 0 fully saturated rings. The van der Waals surface area contributed by atoms with Crippen LogP contribution in [0.2, 0.25) is 0 Å². The molecule has 0 amide bonds. The first-order chi connectivity index (χ1) is 24.5. The van der Waals surface area contributed by atoms with Gasteiger partial charge in [0.05, 0.1) is 25.6 Å². The number of rotatable bonds is 10. The first-order valence-electron chi connectivity index (χ1n) is 16.8. The molecule has 7 aromatic carbocycles. The molecule has 7 rings (SSSR count). The average Bonchev–Trinajstić information content (AvgIpc) is 3.18. The van der Waals surface area contributed by atoms with Crippen molar-refractivity contribution in [2.45, 2.75) is 13.8 Å². The number of benzene rings is 7. The normalized spacial score (nSPS) is 10.8. The van der Waals surface area contributed by atoms with Gasteiger partial charge >= 0.3 is 0 Å². The van der Waals surface area contributed by atoms with E-state index in [1.165, 1.54) is 11.1 Å². The van der Waals surface area contributed by atoms with Gasteiger partial charge in [-0.3, -0.25) is 0 Å². The molecule has 7 aromatic rings. The summed E-state index contributed by atoms with van der Waals surface area (Å²) in [4.78, 5) is 4.70. The second kappa shape index (κ2) is 14.5. The fourth-order valence-electron chi connectivity index (χ4n) is 6.45. The lowest BCUT2D eigenvalue weighted by Crippen LogP contribution is -2.15. The Balaban J connectivity index is 1.58. The quantitative estimate of drug-likeness (QED) is 0.147. The van der Waals surface area contributed by atoms with Gasteiger partial charge in [0.1, 0.15) is 11.5 Å². The SMILES string of the molecule is COc1ccc(N(c2ccc(C)cc2)c2ccc(N(c3ccc(C)cc3)c3ccc(OC)cc3)c(-c3ccccc3)c2-c2ccccc2)cc1. The molecular weight excluding hydrogens is 613 g/mol. The Morgan fingerprint density at radius 2 is 0.640 bits per heavy atom. The van der Waals surface area contributed by atoms with Gasteiger partial charge in [0, 0.05) is 33.9 Å². The summed E-state index contributed by atoms with van der Waals surface area (Å²) in [5.41, 5.74) is 13.2. The molecule has 0 N–H and O–H groups in total. The third-order valence-electron chi connectivity index (χ3n) is 9.01. The van der Waals surface area contributed by atoms with E-state index in [0.29, 0.717) is 0 Å². The smallest absolute Gasteiger partial charge is 0.119 e. The van der Waals surface area contributed by atoms with Gasteiger partial charge in [-0.2, -0.15) is 0 Å². The summed E-state index contributed by atoms with van der Waals surface area (Å²) in [6.07, 6.45) is 0. The van der Waals surface area contributed by atoms with Crippen molar-refractivity contribution in [2.75, 3.05) is 24.0 Å². The maximum atomic E-state index is 5.56. The van der Waals surface area contributed by atoms with E-state index in [2.05, 4.69) is 169 Å². The molecule has 0 aromatic heterocycles. The Morgan fingerprint density at radius 1 is 0.340 bits per heavy atom. The number of hydrogen-bond donors (Lipinski definition) is 0. The van der Waals surface area contributed by atoms with E-state index in [1.54, 1.807) is 14.2 Å². The van der Waals surface area contributed by atoms with Crippen molar-refractivity contribution in [1.29, 1.82) is 0 Å². The maximum Gasteiger partial charge on any atom is 0.119 e. The predicted molar refractivity (Wildman–Crippen MR) is 209 cm³/mol. The van der Waals surface area contributed by atoms with Crippen molar-refractivity contribution < 1.29 is 9.47 Å². The lowest BCUT2D eigenvalue weighted by Gasteiger charge is -2.33. The molecular formula is C46H40N2O2. The van der Waals surface area contributed by atoms with Crippen molar-refractivity contribution in [1.82, 2.24) is 0 Å². The Hall–Kier alpha value is -6.26. The highest BCUT2D eigenvalue weighted by molar-refractivity contribution is 6.04. The van der Waals surface area contributed by atoms with Crippen LogP contribution in [0.15, 0.2) is 170 Å². The number of hydrogen-bond acceptors (Lipinski definition) is 4. The van der Waals surface area contributed by atoms with Gasteiger partial charge in [0.15, 0.2) is 0 Å². The molecule has 0 aliphatic rings. The molecule has 0 heterocycles. The second-order valence-corrected chi connectivity index (χ2v) is 12.3. The summed E-state index contributed by atoms with van der Waals surface area (Å²) in [5, 5.41) is 0. The minimum atomic E-state index is 0.814. The molecule has 0 saturated heterocycles. The molecule has 0 aliphatic carbocycles. The summed E-state index contributed by atoms with van der Waals surface area (Å²) >= 11 is 0. The largest absolute Gasteiger partial charge is 0.497 e. The van der Waals surface area contributed by atoms with Crippen LogP contribution in [0.5, 0.6) is 11.5 Å². The van der Waals surface area contributed by atoms with Gasteiger partial charge in [0.25, 0.3) is 0 Å². The molecule has 0 radical (unpaired) electrons. The van der Waals surface area contributed by atoms with Gasteiger partial charge in [0.2, 0.25) is 0 Å². The molecule has 0 spiro atoms. The van der Waals surface area contributed by atoms with Crippen molar-refractivity contribution in [2.24, 2.45) is 0 Å². The van der Waals surface area contributed by atoms with Crippen LogP contribution in [0.3, 0.4) is 0 Å². The van der Waals surface area contributed by atoms with Crippen LogP contribution < -0.4 is 19.3 Å². The Labute approximate surface area is 295 Å². The van der Waals surface area contributed by atoms with E-state index < -0.39 is 0 Å². The van der Waals surface area contributed by atoms with Gasteiger partial charge in [-0.1, -0.05) is 96.1 Å². The molecule has 4 heteroatoms. The van der Waals surface area contributed by atoms with Gasteiger partial charge < -0.3 is 19.3 Å². The maximum absolute atomic E-state index is 5.56. The molecule has 0 saturated carbocycles. The zero-order valence-electron chi connectivity index (χ0n) is 28.9. The lowest BCUT2D eigenvalue weighted by molar-refractivity contribution is 0.414. The van der Waals surface area contributed by atoms with Crippen molar-refractivity contribution in [3.63, 3.8) is 0 Å². The van der Waals surface area contributed by atoms with Crippen LogP contribution in [-0.2, 0) is 0 Å². The van der Waals surface area contributed by atoms with E-state index in [1.807, 2.05) is 24.3 Å². The number of ether oxygens (including phenoxy) is 2. The topological polar surface area (TPSA) is 24.9 Å². The Bertz CT molecular complexity index is 2000. The first kappa shape index (κ1) is 32.3. The number of anilines is 6. The van der Waals surface area contributed by atoms with Gasteiger partial charge in [-0.25, -0.2) is 0 Å². The minimum Gasteiger partial charge on any atom is -0.497 e. The third kappa shape index (κ3) is 6.56. The average molecular weight is 653 g/mol. The van der Waals surface area contributed by atoms with Gasteiger partial charge in [-0.15, -0.1) is 0 Å². The van der Waals surface area contributed by atoms with Crippen LogP contribution in [0, 0.1) is 13.8 Å². The second-order valence-electron chi connectivity index (χ2n) is 12.3. The molecule has 246 valence electrons. The summed E-state index contributed by atoms with van der Waals surface area (Å²) in [5.74, 6) is 1.63. The van der Waals surface area contributed by atoms with Crippen molar-refractivity contribution in [3.05, 3.63) is 181 Å². The van der Waals surface area contributed by atoms with E-state index in [9.17, 15) is 0 Å². The van der Waals surface area contributed by atoms with Crippen LogP contribution in [0.4, 0.5) is 34.1 Å². The van der Waals surface area contributed by atoms with Crippen molar-refractivity contribution in [3.8, 4) is 33.8 Å². The zero-order valence-corrected chi connectivity index (χ0v) is 28.9. The monoisotopic (exact) mass is 652 g/mol. The summed E-state index contributed by atoms with van der Waals surface area (Å²) < 4.78 is 11.1. The molecule has 0 atom stereocenters. The van der Waals surface area contributed by atoms with Crippen LogP contribution in [0.25, 0.3) is 22.3 Å². The lowest BCUT2D eigenvalue weighted by atomic mass is 9.89. The number of nitrogens with zero attached hydrogens (tertiary/aromatic N) is 2. The number of methoxy groups -OCH3 is 2. The van der Waals surface area contributed by atoms with Crippen LogP contribution in [0.1, 0.15) is 11.1 Å². The van der Waals surface area contributed by atoms with E-state index in [0.717, 1.165) is 67.9 Å². The van der Waals surface area contributed by atoms with E-state index in [4.69, 9.17) is 9.47 Å². The minimum absolute atomic E-state index is 0.814. The fourth-order valence-corrected chi connectivity index (χ4v) is 6.45. The Morgan fingerprint density at radius 3 is 0.940 bits per heavy atom. The first-order valence-corrected chi connectivity index (χ1v) is 16.8. The highest BCUT2D eigenvalue weighted by Crippen LogP contribution is 2.51. The number of aryl methyl sites for hydroxylation is 2. The molecule has 50 heavy (non-hydrogen) atoms. The van der Waals surface area contributed by atoms with Gasteiger partial charge in [-0.05, 0) is 110 Å². The summed E-state index contributed by atoms with van der Waals surface area (Å²) in [7, 11) is 3.40. The fraction of sp³-hybridized carbons (Fsp3) is 0.0870. The predicted octanol–water partition coefficient (Wildman–Crippen LogP) is 12.6. The van der Waals surface area contributed by atoms with E-state index in [-0.39, 0.29) is 0 Å². The van der Waals surface area contributed by atoms with Crippen molar-refractivity contribution >= 4 is 34.1 Å². The zero-order chi connectivity index (χ0) is 34.5. The Kier molecular flexibility index (Phi) is 9.35. The standard InChI is InChI=1S/C46H40N2O2/c1-33-15-19-37(20-16-33)47(39-23-27-41(49-3)28-24-39)43-31-32-44(46(36-13-9-6-10-14-36)45(43)35-11-7-5-8-12-35)48(38-21-17-34(2)18-22-38)40-25-29-42(50-4)30-26-40/h5-32H,1-4H3. The summed E-state index contributed by atoms with van der Waals surface area (Å²) in [6.45, 7) is 4.25. The highest BCUT2D eigenvalue weighted by atomic mass is 16.5. The third-order valence-corrected chi connectivity index (χ3v) is 9.01. The van der Waals surface area contributed by atoms with Crippen LogP contribution >= 0.6 is 0 Å². The molecule has 0 aliphatic heterocycles. The van der Waals surface area contributed by atoms with Crippen LogP contribution in [-0.4, -0.2) is 14.2 Å². The molecule has 4 nitrogen and oxygen atoms in total. The van der Waals surface area contributed by atoms with E-state index >= 15 is 0 Å². The summed E-state index contributed by atoms with van der Waals surface area (Å²) in [6, 6.07) is 60.0.